The quantitative estimate of drug-likeness (QED) is 0.173. The van der Waals surface area contributed by atoms with Gasteiger partial charge in [0.15, 0.2) is 0 Å². The number of hydrogen-bond donors (Lipinski definition) is 2. The number of nitrogens with zero attached hydrogens (tertiary/aromatic N) is 2. The van der Waals surface area contributed by atoms with Crippen molar-refractivity contribution in [2.75, 3.05) is 0 Å². The van der Waals surface area contributed by atoms with Crippen molar-refractivity contribution in [3.63, 3.8) is 0 Å². The SMILES string of the molecule is Brc1cc2c3ccccc3n(-c3ccccc3)c2c2c1sc1ccccc12.OB(O)c1ccc2sc3ccccc3c2c1.c1ccc(-n2c3ccccc3c3cc(-c4ccc5sc6ccccc6c5c4)c4sc5ccccc5c4c32)cc1. The maximum absolute atomic E-state index is 9.15. The second-order valence-corrected chi connectivity index (χ2v) is 25.7. The Bertz CT molecular complexity index is 5540. The molecule has 0 saturated carbocycles. The molecule has 6 heterocycles. The summed E-state index contributed by atoms with van der Waals surface area (Å²) in [7, 11) is -1.40. The summed E-state index contributed by atoms with van der Waals surface area (Å²) in [5.41, 5.74) is 10.6. The summed E-state index contributed by atoms with van der Waals surface area (Å²) in [4.78, 5) is 0. The summed E-state index contributed by atoms with van der Waals surface area (Å²) >= 11 is 11.2. The first kappa shape index (κ1) is 49.4. The molecule has 0 saturated heterocycles. The molecule has 0 aliphatic heterocycles. The Morgan fingerprint density at radius 1 is 0.317 bits per heavy atom. The molecule has 388 valence electrons. The normalized spacial score (nSPS) is 11.8. The van der Waals surface area contributed by atoms with Crippen LogP contribution < -0.4 is 5.46 Å². The van der Waals surface area contributed by atoms with Crippen LogP contribution in [0.5, 0.6) is 0 Å². The first-order valence-electron chi connectivity index (χ1n) is 27.1. The molecule has 0 aliphatic carbocycles. The Kier molecular flexibility index (Phi) is 12.0. The zero-order valence-electron chi connectivity index (χ0n) is 43.6. The fraction of sp³-hybridized carbons (Fsp3) is 0. The summed E-state index contributed by atoms with van der Waals surface area (Å²) in [5, 5.41) is 33.7. The number of aromatic nitrogens is 2. The largest absolute Gasteiger partial charge is 0.488 e. The molecule has 6 aromatic heterocycles. The monoisotopic (exact) mass is 1190 g/mol. The minimum absolute atomic E-state index is 0.538. The Labute approximate surface area is 495 Å². The zero-order valence-corrected chi connectivity index (χ0v) is 48.5. The molecule has 82 heavy (non-hydrogen) atoms. The average Bonchev–Trinajstić information content (AvgIpc) is 2.86. The van der Waals surface area contributed by atoms with Gasteiger partial charge in [-0.3, -0.25) is 0 Å². The summed E-state index contributed by atoms with van der Waals surface area (Å²) in [5.74, 6) is 0. The molecule has 18 rings (SSSR count). The molecule has 0 fully saturated rings. The van der Waals surface area contributed by atoms with E-state index in [-0.39, 0.29) is 0 Å². The molecule has 12 aromatic carbocycles. The van der Waals surface area contributed by atoms with Crippen molar-refractivity contribution in [3.05, 3.63) is 259 Å². The number of thiophene rings is 4. The van der Waals surface area contributed by atoms with Crippen molar-refractivity contribution in [3.8, 4) is 22.5 Å². The lowest BCUT2D eigenvalue weighted by Gasteiger charge is -2.11. The van der Waals surface area contributed by atoms with Crippen LogP contribution in [0.25, 0.3) is 147 Å². The summed E-state index contributed by atoms with van der Waals surface area (Å²) in [6.45, 7) is 0. The minimum Gasteiger partial charge on any atom is -0.423 e. The van der Waals surface area contributed by atoms with Crippen molar-refractivity contribution in [2.24, 2.45) is 0 Å². The number of para-hydroxylation sites is 4. The molecule has 0 spiro atoms. The van der Waals surface area contributed by atoms with Crippen LogP contribution in [0.15, 0.2) is 259 Å². The van der Waals surface area contributed by atoms with Crippen LogP contribution in [0.2, 0.25) is 0 Å². The van der Waals surface area contributed by atoms with Gasteiger partial charge in [-0.15, -0.1) is 45.3 Å². The highest BCUT2D eigenvalue weighted by Gasteiger charge is 2.23. The van der Waals surface area contributed by atoms with Crippen LogP contribution in [0.1, 0.15) is 0 Å². The Morgan fingerprint density at radius 2 is 0.720 bits per heavy atom. The summed E-state index contributed by atoms with van der Waals surface area (Å²) < 4.78 is 16.4. The molecule has 0 radical (unpaired) electrons. The zero-order chi connectivity index (χ0) is 54.6. The van der Waals surface area contributed by atoms with Crippen LogP contribution in [0.3, 0.4) is 0 Å². The maximum Gasteiger partial charge on any atom is 0.488 e. The van der Waals surface area contributed by atoms with E-state index in [2.05, 4.69) is 250 Å². The van der Waals surface area contributed by atoms with Gasteiger partial charge in [0.05, 0.1) is 26.8 Å². The van der Waals surface area contributed by atoms with Crippen LogP contribution in [-0.4, -0.2) is 26.3 Å². The smallest absolute Gasteiger partial charge is 0.423 e. The van der Waals surface area contributed by atoms with Crippen molar-refractivity contribution in [1.82, 2.24) is 9.13 Å². The lowest BCUT2D eigenvalue weighted by Crippen LogP contribution is -2.29. The van der Waals surface area contributed by atoms with Crippen molar-refractivity contribution >= 4 is 198 Å². The summed E-state index contributed by atoms with van der Waals surface area (Å²) in [6.07, 6.45) is 0. The van der Waals surface area contributed by atoms with E-state index in [0.717, 1.165) is 5.39 Å². The molecule has 0 atom stereocenters. The standard InChI is InChI=1S/C36H21NS2.C24H14BrNS.C12H9BO2S/c1-2-10-23(11-3-1)37-30-15-7-4-12-24(30)29-21-27(36-34(35(29)37)26-14-6-9-17-32(26)39-36)22-18-19-33-28(20-22)25-13-5-8-16-31(25)38-33;25-19-14-18-16-10-4-6-12-20(16)26(15-8-2-1-3-9-15)23(18)22-17-11-5-7-13-21(17)27-24(19)22;14-13(15)8-5-6-12-10(7-8)9-3-1-2-4-11(9)16-12/h1-21H;1-14H;1-7,14-15H. The third-order valence-electron chi connectivity index (χ3n) is 15.9. The predicted octanol–water partition coefficient (Wildman–Crippen LogP) is 20.8. The Hall–Kier alpha value is -8.42. The van der Waals surface area contributed by atoms with Crippen molar-refractivity contribution < 1.29 is 10.0 Å². The van der Waals surface area contributed by atoms with Crippen LogP contribution in [0.4, 0.5) is 0 Å². The Balaban J connectivity index is 0.000000111. The van der Waals surface area contributed by atoms with Gasteiger partial charge < -0.3 is 19.2 Å². The number of halogens is 1. The van der Waals surface area contributed by atoms with E-state index < -0.39 is 7.12 Å². The van der Waals surface area contributed by atoms with E-state index in [4.69, 9.17) is 10.0 Å². The molecule has 0 unspecified atom stereocenters. The predicted molar refractivity (Wildman–Crippen MR) is 363 cm³/mol. The van der Waals surface area contributed by atoms with Gasteiger partial charge in [0.2, 0.25) is 0 Å². The third-order valence-corrected chi connectivity index (χ3v) is 21.5. The first-order valence-corrected chi connectivity index (χ1v) is 31.2. The van der Waals surface area contributed by atoms with Crippen LogP contribution >= 0.6 is 61.3 Å². The van der Waals surface area contributed by atoms with Gasteiger partial charge >= 0.3 is 7.12 Å². The molecule has 4 nitrogen and oxygen atoms in total. The molecule has 0 aliphatic rings. The fourth-order valence-corrected chi connectivity index (χ4v) is 17.5. The highest BCUT2D eigenvalue weighted by molar-refractivity contribution is 9.10. The molecule has 2 N–H and O–H groups in total. The highest BCUT2D eigenvalue weighted by atomic mass is 79.9. The fourth-order valence-electron chi connectivity index (χ4n) is 12.3. The Morgan fingerprint density at radius 3 is 1.26 bits per heavy atom. The third kappa shape index (κ3) is 7.97. The van der Waals surface area contributed by atoms with Crippen LogP contribution in [-0.2, 0) is 0 Å². The molecule has 18 aromatic rings. The average molecular weight is 1190 g/mol. The van der Waals surface area contributed by atoms with Crippen molar-refractivity contribution in [2.45, 2.75) is 0 Å². The van der Waals surface area contributed by atoms with Gasteiger partial charge in [0, 0.05) is 114 Å². The van der Waals surface area contributed by atoms with Gasteiger partial charge in [-0.25, -0.2) is 0 Å². The lowest BCUT2D eigenvalue weighted by molar-refractivity contribution is 0.426. The molecule has 10 heteroatoms. The molecular weight excluding hydrogens is 1140 g/mol. The molecule has 0 bridgehead atoms. The summed E-state index contributed by atoms with van der Waals surface area (Å²) in [6, 6.07) is 90.8. The van der Waals surface area contributed by atoms with E-state index in [0.29, 0.717) is 5.46 Å². The number of hydrogen-bond acceptors (Lipinski definition) is 6. The number of benzene rings is 12. The number of fused-ring (bicyclic) bond motifs is 20. The van der Waals surface area contributed by atoms with Gasteiger partial charge in [-0.2, -0.15) is 0 Å². The highest BCUT2D eigenvalue weighted by Crippen LogP contribution is 2.50. The topological polar surface area (TPSA) is 50.3 Å². The molecule has 0 amide bonds. The molecular formula is C72H44BBrN2O2S4. The van der Waals surface area contributed by atoms with Crippen molar-refractivity contribution in [1.29, 1.82) is 0 Å². The van der Waals surface area contributed by atoms with Gasteiger partial charge in [0.1, 0.15) is 0 Å². The minimum atomic E-state index is -1.40. The van der Waals surface area contributed by atoms with E-state index in [1.165, 1.54) is 146 Å². The number of rotatable bonds is 4. The van der Waals surface area contributed by atoms with E-state index in [9.17, 15) is 0 Å². The van der Waals surface area contributed by atoms with E-state index >= 15 is 0 Å². The second-order valence-electron chi connectivity index (χ2n) is 20.6. The van der Waals surface area contributed by atoms with Gasteiger partial charge in [-0.1, -0.05) is 164 Å². The lowest BCUT2D eigenvalue weighted by atomic mass is 9.80. The van der Waals surface area contributed by atoms with Gasteiger partial charge in [0.25, 0.3) is 0 Å². The van der Waals surface area contributed by atoms with E-state index in [1.807, 2.05) is 58.3 Å². The van der Waals surface area contributed by atoms with E-state index in [1.54, 1.807) is 17.4 Å². The first-order chi connectivity index (χ1) is 40.4. The maximum atomic E-state index is 9.15. The van der Waals surface area contributed by atoms with Gasteiger partial charge in [-0.05, 0) is 123 Å². The second kappa shape index (κ2) is 19.9. The van der Waals surface area contributed by atoms with Crippen LogP contribution in [0, 0.1) is 0 Å².